The van der Waals surface area contributed by atoms with Crippen LogP contribution in [0, 0.1) is 0 Å². The Bertz CT molecular complexity index is 748. The topological polar surface area (TPSA) is 79.6 Å². The van der Waals surface area contributed by atoms with E-state index in [1.54, 1.807) is 13.4 Å². The molecule has 0 saturated heterocycles. The fraction of sp³-hybridized carbons (Fsp3) is 0.550. The number of nitrogens with one attached hydrogen (secondary N) is 2. The minimum Gasteiger partial charge on any atom is -0.496 e. The van der Waals surface area contributed by atoms with Crippen molar-refractivity contribution in [3.8, 4) is 5.75 Å². The number of benzene rings is 1. The third-order valence-electron chi connectivity index (χ3n) is 4.54. The van der Waals surface area contributed by atoms with Crippen LogP contribution in [0.3, 0.4) is 0 Å². The van der Waals surface area contributed by atoms with E-state index in [0.29, 0.717) is 6.54 Å². The maximum absolute atomic E-state index is 5.54. The van der Waals surface area contributed by atoms with Crippen LogP contribution in [0.5, 0.6) is 5.75 Å². The van der Waals surface area contributed by atoms with Gasteiger partial charge < -0.3 is 24.8 Å². The molecule has 0 aliphatic heterocycles. The molecule has 2 aromatic rings. The molecule has 29 heavy (non-hydrogen) atoms. The van der Waals surface area contributed by atoms with E-state index in [1.165, 1.54) is 0 Å². The predicted molar refractivity (Wildman–Crippen MR) is 128 cm³/mol. The highest BCUT2D eigenvalue weighted by molar-refractivity contribution is 14.0. The molecule has 9 heteroatoms. The maximum atomic E-state index is 5.54. The van der Waals surface area contributed by atoms with Crippen molar-refractivity contribution in [1.82, 2.24) is 30.3 Å². The van der Waals surface area contributed by atoms with Gasteiger partial charge in [-0.15, -0.1) is 34.2 Å². The first-order chi connectivity index (χ1) is 13.6. The number of halogens is 1. The minimum atomic E-state index is 0. The summed E-state index contributed by atoms with van der Waals surface area (Å²) in [7, 11) is 5.83. The van der Waals surface area contributed by atoms with E-state index in [0.717, 1.165) is 49.2 Å². The van der Waals surface area contributed by atoms with Crippen LogP contribution in [-0.2, 0) is 13.0 Å². The molecule has 0 saturated carbocycles. The summed E-state index contributed by atoms with van der Waals surface area (Å²) in [5.41, 5.74) is 1.13. The number of hydrogen-bond donors (Lipinski definition) is 2. The van der Waals surface area contributed by atoms with Gasteiger partial charge >= 0.3 is 0 Å². The molecule has 0 bridgehead atoms. The third-order valence-corrected chi connectivity index (χ3v) is 4.54. The van der Waals surface area contributed by atoms with E-state index in [4.69, 9.17) is 9.73 Å². The number of methoxy groups -OCH3 is 1. The Hall–Kier alpha value is -1.88. The first-order valence-electron chi connectivity index (χ1n) is 9.78. The molecule has 2 N–H and O–H groups in total. The summed E-state index contributed by atoms with van der Waals surface area (Å²) < 4.78 is 7.60. The molecule has 0 aliphatic carbocycles. The number of rotatable bonds is 10. The van der Waals surface area contributed by atoms with Crippen molar-refractivity contribution in [2.24, 2.45) is 4.99 Å². The van der Waals surface area contributed by atoms with E-state index >= 15 is 0 Å². The first-order valence-corrected chi connectivity index (χ1v) is 9.78. The molecule has 1 unspecified atom stereocenters. The summed E-state index contributed by atoms with van der Waals surface area (Å²) in [5.74, 6) is 2.68. The average molecular weight is 515 g/mol. The zero-order chi connectivity index (χ0) is 20.4. The fourth-order valence-corrected chi connectivity index (χ4v) is 3.04. The van der Waals surface area contributed by atoms with Gasteiger partial charge in [0.25, 0.3) is 0 Å². The summed E-state index contributed by atoms with van der Waals surface area (Å²) >= 11 is 0. The van der Waals surface area contributed by atoms with Gasteiger partial charge in [0.15, 0.2) is 5.96 Å². The van der Waals surface area contributed by atoms with Crippen molar-refractivity contribution in [3.63, 3.8) is 0 Å². The van der Waals surface area contributed by atoms with E-state index in [9.17, 15) is 0 Å². The Kier molecular flexibility index (Phi) is 11.6. The number of guanidine groups is 1. The second-order valence-corrected chi connectivity index (χ2v) is 6.66. The average Bonchev–Trinajstić information content (AvgIpc) is 3.15. The van der Waals surface area contributed by atoms with Crippen LogP contribution in [-0.4, -0.2) is 66.5 Å². The monoisotopic (exact) mass is 515 g/mol. The molecule has 1 heterocycles. The highest BCUT2D eigenvalue weighted by Crippen LogP contribution is 2.28. The lowest BCUT2D eigenvalue weighted by molar-refractivity contribution is 0.295. The summed E-state index contributed by atoms with van der Waals surface area (Å²) in [4.78, 5) is 6.97. The molecular formula is C20H34IN7O. The fourth-order valence-electron chi connectivity index (χ4n) is 3.04. The summed E-state index contributed by atoms with van der Waals surface area (Å²) in [5, 5.41) is 14.8. The molecule has 1 aromatic heterocycles. The second kappa shape index (κ2) is 13.4. The van der Waals surface area contributed by atoms with E-state index in [-0.39, 0.29) is 30.0 Å². The lowest BCUT2D eigenvalue weighted by Gasteiger charge is -2.25. The van der Waals surface area contributed by atoms with Crippen molar-refractivity contribution in [3.05, 3.63) is 42.0 Å². The van der Waals surface area contributed by atoms with Gasteiger partial charge in [-0.2, -0.15) is 0 Å². The normalized spacial score (nSPS) is 12.4. The number of aliphatic imine (C=N–C) groups is 1. The summed E-state index contributed by atoms with van der Waals surface area (Å²) in [6, 6.07) is 8.23. The molecule has 8 nitrogen and oxygen atoms in total. The maximum Gasteiger partial charge on any atom is 0.191 e. The predicted octanol–water partition coefficient (Wildman–Crippen LogP) is 2.33. The van der Waals surface area contributed by atoms with Crippen LogP contribution >= 0.6 is 24.0 Å². The van der Waals surface area contributed by atoms with Crippen LogP contribution in [0.15, 0.2) is 35.6 Å². The van der Waals surface area contributed by atoms with E-state index in [2.05, 4.69) is 64.3 Å². The Morgan fingerprint density at radius 3 is 2.66 bits per heavy atom. The standard InChI is InChI=1S/C20H33N7O.HI/c1-6-19-25-24-15-27(19)13-12-22-20(21-7-2)23-14-17(26(3)4)16-10-8-9-11-18(16)28-5;/h8-11,15,17H,6-7,12-14H2,1-5H3,(H2,21,22,23);1H. The molecule has 2 rings (SSSR count). The van der Waals surface area contributed by atoms with Gasteiger partial charge in [-0.3, -0.25) is 4.99 Å². The van der Waals surface area contributed by atoms with Crippen LogP contribution < -0.4 is 15.4 Å². The molecule has 1 aromatic carbocycles. The van der Waals surface area contributed by atoms with Gasteiger partial charge in [0.1, 0.15) is 17.9 Å². The van der Waals surface area contributed by atoms with Crippen molar-refractivity contribution in [2.75, 3.05) is 40.8 Å². The molecule has 0 spiro atoms. The largest absolute Gasteiger partial charge is 0.496 e. The number of nitrogens with zero attached hydrogens (tertiary/aromatic N) is 5. The number of aromatic nitrogens is 3. The van der Waals surface area contributed by atoms with Crippen LogP contribution in [0.2, 0.25) is 0 Å². The minimum absolute atomic E-state index is 0. The lowest BCUT2D eigenvalue weighted by Crippen LogP contribution is -2.39. The Morgan fingerprint density at radius 1 is 1.24 bits per heavy atom. The molecule has 0 aliphatic rings. The summed E-state index contributed by atoms with van der Waals surface area (Å²) in [6.45, 7) is 7.12. The lowest BCUT2D eigenvalue weighted by atomic mass is 10.0. The Labute approximate surface area is 191 Å². The Morgan fingerprint density at radius 2 is 2.00 bits per heavy atom. The van der Waals surface area contributed by atoms with Crippen LogP contribution in [0.25, 0.3) is 0 Å². The number of likely N-dealkylation sites (N-methyl/N-ethyl adjacent to an activating group) is 1. The molecule has 1 atom stereocenters. The molecule has 0 amide bonds. The third kappa shape index (κ3) is 7.46. The first kappa shape index (κ1) is 25.2. The number of aryl methyl sites for hydroxylation is 1. The highest BCUT2D eigenvalue weighted by atomic mass is 127. The number of ether oxygens (including phenoxy) is 1. The van der Waals surface area contributed by atoms with Crippen molar-refractivity contribution in [2.45, 2.75) is 32.9 Å². The van der Waals surface area contributed by atoms with E-state index < -0.39 is 0 Å². The van der Waals surface area contributed by atoms with Crippen molar-refractivity contribution in [1.29, 1.82) is 0 Å². The highest BCUT2D eigenvalue weighted by Gasteiger charge is 2.18. The van der Waals surface area contributed by atoms with Gasteiger partial charge in [-0.25, -0.2) is 0 Å². The molecule has 0 fully saturated rings. The van der Waals surface area contributed by atoms with Gasteiger partial charge in [-0.1, -0.05) is 25.1 Å². The summed E-state index contributed by atoms with van der Waals surface area (Å²) in [6.07, 6.45) is 2.64. The SMILES string of the molecule is CCNC(=NCC(c1ccccc1OC)N(C)C)NCCn1cnnc1CC.I. The van der Waals surface area contributed by atoms with Crippen LogP contribution in [0.4, 0.5) is 0 Å². The Balaban J connectivity index is 0.00000420. The molecule has 162 valence electrons. The smallest absolute Gasteiger partial charge is 0.191 e. The number of para-hydroxylation sites is 1. The van der Waals surface area contributed by atoms with Gasteiger partial charge in [0.2, 0.25) is 0 Å². The van der Waals surface area contributed by atoms with Gasteiger partial charge in [-0.05, 0) is 27.1 Å². The van der Waals surface area contributed by atoms with Gasteiger partial charge in [0, 0.05) is 31.6 Å². The number of hydrogen-bond acceptors (Lipinski definition) is 5. The quantitative estimate of drug-likeness (QED) is 0.287. The van der Waals surface area contributed by atoms with E-state index in [1.807, 2.05) is 18.2 Å². The molecule has 0 radical (unpaired) electrons. The van der Waals surface area contributed by atoms with Crippen LogP contribution in [0.1, 0.15) is 31.3 Å². The second-order valence-electron chi connectivity index (χ2n) is 6.66. The van der Waals surface area contributed by atoms with Crippen molar-refractivity contribution >= 4 is 29.9 Å². The zero-order valence-electron chi connectivity index (χ0n) is 18.1. The van der Waals surface area contributed by atoms with Gasteiger partial charge in [0.05, 0.1) is 19.7 Å². The zero-order valence-corrected chi connectivity index (χ0v) is 20.4. The molecular weight excluding hydrogens is 481 g/mol. The van der Waals surface area contributed by atoms with Crippen molar-refractivity contribution < 1.29 is 4.74 Å².